The quantitative estimate of drug-likeness (QED) is 0.588. The van der Waals surface area contributed by atoms with Crippen LogP contribution in [0.3, 0.4) is 0 Å². The molecule has 0 N–H and O–H groups in total. The summed E-state index contributed by atoms with van der Waals surface area (Å²) in [5.41, 5.74) is 0.0283. The van der Waals surface area contributed by atoms with Gasteiger partial charge in [0, 0.05) is 18.6 Å². The lowest BCUT2D eigenvalue weighted by atomic mass is 10.3. The normalized spacial score (nSPS) is 9.80. The number of aryl methyl sites for hydroxylation is 2. The first-order chi connectivity index (χ1) is 4.72. The lowest BCUT2D eigenvalue weighted by Gasteiger charge is -1.95. The molecule has 0 saturated carbocycles. The van der Waals surface area contributed by atoms with E-state index < -0.39 is 0 Å². The van der Waals surface area contributed by atoms with E-state index in [1.54, 1.807) is 6.92 Å². The van der Waals surface area contributed by atoms with Gasteiger partial charge < -0.3 is 4.42 Å². The third-order valence-electron chi connectivity index (χ3n) is 1.29. The Morgan fingerprint density at radius 2 is 2.20 bits per heavy atom. The van der Waals surface area contributed by atoms with Crippen LogP contribution in [0.4, 0.5) is 0 Å². The van der Waals surface area contributed by atoms with Gasteiger partial charge in [0.05, 0.1) is 0 Å². The van der Waals surface area contributed by atoms with E-state index in [0.717, 1.165) is 12.2 Å². The Morgan fingerprint density at radius 1 is 1.50 bits per heavy atom. The molecule has 0 bridgehead atoms. The van der Waals surface area contributed by atoms with E-state index in [1.807, 2.05) is 6.92 Å². The van der Waals surface area contributed by atoms with Gasteiger partial charge in [-0.15, -0.1) is 0 Å². The highest BCUT2D eigenvalue weighted by Crippen LogP contribution is 1.99. The Bertz CT molecular complexity index is 273. The van der Waals surface area contributed by atoms with Gasteiger partial charge in [-0.25, -0.2) is 0 Å². The van der Waals surface area contributed by atoms with Crippen molar-refractivity contribution in [3.05, 3.63) is 33.9 Å². The van der Waals surface area contributed by atoms with Crippen molar-refractivity contribution in [1.82, 2.24) is 0 Å². The zero-order valence-electron chi connectivity index (χ0n) is 6.18. The van der Waals surface area contributed by atoms with Crippen molar-refractivity contribution in [2.45, 2.75) is 20.3 Å². The average Bonchev–Trinajstić information content (AvgIpc) is 1.85. The minimum atomic E-state index is 0.0283. The summed E-state index contributed by atoms with van der Waals surface area (Å²) in [5.74, 6) is 1.44. The summed E-state index contributed by atoms with van der Waals surface area (Å²) in [4.78, 5) is 10.8. The Hall–Kier alpha value is -1.05. The predicted octanol–water partition coefficient (Wildman–Crippen LogP) is 1.51. The predicted molar refractivity (Wildman–Crippen MR) is 39.1 cm³/mol. The molecule has 0 aliphatic rings. The third kappa shape index (κ3) is 1.47. The molecule has 2 nitrogen and oxygen atoms in total. The molecule has 0 unspecified atom stereocenters. The Balaban J connectivity index is 3.19. The Morgan fingerprint density at radius 3 is 2.70 bits per heavy atom. The Kier molecular flexibility index (Phi) is 1.90. The molecule has 0 aliphatic heterocycles. The van der Waals surface area contributed by atoms with E-state index in [-0.39, 0.29) is 5.43 Å². The summed E-state index contributed by atoms with van der Waals surface area (Å²) in [6.45, 7) is 3.73. The van der Waals surface area contributed by atoms with Crippen LogP contribution < -0.4 is 5.43 Å². The van der Waals surface area contributed by atoms with Crippen molar-refractivity contribution in [3.63, 3.8) is 0 Å². The molecule has 0 atom stereocenters. The van der Waals surface area contributed by atoms with Crippen molar-refractivity contribution in [2.75, 3.05) is 0 Å². The highest BCUT2D eigenvalue weighted by atomic mass is 16.3. The monoisotopic (exact) mass is 138 g/mol. The topological polar surface area (TPSA) is 30.2 Å². The number of hydrogen-bond donors (Lipinski definition) is 0. The second kappa shape index (κ2) is 2.69. The highest BCUT2D eigenvalue weighted by molar-refractivity contribution is 5.04. The fourth-order valence-corrected chi connectivity index (χ4v) is 0.841. The molecule has 1 aromatic rings. The largest absolute Gasteiger partial charge is 0.466 e. The maximum atomic E-state index is 10.8. The van der Waals surface area contributed by atoms with E-state index in [0.29, 0.717) is 5.76 Å². The number of rotatable bonds is 1. The fourth-order valence-electron chi connectivity index (χ4n) is 0.841. The van der Waals surface area contributed by atoms with Crippen molar-refractivity contribution in [1.29, 1.82) is 0 Å². The fraction of sp³-hybridized carbons (Fsp3) is 0.375. The molecule has 10 heavy (non-hydrogen) atoms. The molecule has 0 saturated heterocycles. The standard InChI is InChI=1S/C8H10O2/c1-3-8-5-7(9)4-6(2)10-8/h4-5H,3H2,1-2H3. The van der Waals surface area contributed by atoms with E-state index in [9.17, 15) is 4.79 Å². The maximum absolute atomic E-state index is 10.8. The Labute approximate surface area is 59.5 Å². The zero-order chi connectivity index (χ0) is 7.56. The molecule has 0 spiro atoms. The van der Waals surface area contributed by atoms with Crippen LogP contribution in [0, 0.1) is 6.92 Å². The van der Waals surface area contributed by atoms with Crippen LogP contribution in [0.25, 0.3) is 0 Å². The minimum Gasteiger partial charge on any atom is -0.466 e. The average molecular weight is 138 g/mol. The van der Waals surface area contributed by atoms with Crippen LogP contribution in [0.1, 0.15) is 18.4 Å². The molecule has 1 rings (SSSR count). The van der Waals surface area contributed by atoms with Crippen molar-refractivity contribution < 1.29 is 4.42 Å². The third-order valence-corrected chi connectivity index (χ3v) is 1.29. The van der Waals surface area contributed by atoms with Crippen molar-refractivity contribution in [3.8, 4) is 0 Å². The maximum Gasteiger partial charge on any atom is 0.185 e. The van der Waals surface area contributed by atoms with Gasteiger partial charge in [-0.05, 0) is 6.92 Å². The molecular weight excluding hydrogens is 128 g/mol. The van der Waals surface area contributed by atoms with Crippen LogP contribution in [0.5, 0.6) is 0 Å². The van der Waals surface area contributed by atoms with Gasteiger partial charge in [-0.3, -0.25) is 4.79 Å². The van der Waals surface area contributed by atoms with E-state index in [1.165, 1.54) is 12.1 Å². The summed E-state index contributed by atoms with van der Waals surface area (Å²) < 4.78 is 5.21. The van der Waals surface area contributed by atoms with Crippen LogP contribution in [-0.2, 0) is 6.42 Å². The molecule has 0 fully saturated rings. The summed E-state index contributed by atoms with van der Waals surface area (Å²) >= 11 is 0. The lowest BCUT2D eigenvalue weighted by molar-refractivity contribution is 0.468. The molecule has 0 aromatic carbocycles. The van der Waals surface area contributed by atoms with Crippen LogP contribution in [0.2, 0.25) is 0 Å². The first-order valence-corrected chi connectivity index (χ1v) is 3.33. The molecular formula is C8H10O2. The molecule has 2 heteroatoms. The SMILES string of the molecule is CCc1cc(=O)cc(C)o1. The van der Waals surface area contributed by atoms with Gasteiger partial charge in [0.25, 0.3) is 0 Å². The van der Waals surface area contributed by atoms with Crippen LogP contribution in [-0.4, -0.2) is 0 Å². The summed E-state index contributed by atoms with van der Waals surface area (Å²) in [6, 6.07) is 3.01. The van der Waals surface area contributed by atoms with Gasteiger partial charge in [-0.1, -0.05) is 6.92 Å². The lowest BCUT2D eigenvalue weighted by Crippen LogP contribution is -1.99. The summed E-state index contributed by atoms with van der Waals surface area (Å²) in [6.07, 6.45) is 0.775. The highest BCUT2D eigenvalue weighted by Gasteiger charge is 1.94. The minimum absolute atomic E-state index is 0.0283. The van der Waals surface area contributed by atoms with Crippen molar-refractivity contribution in [2.24, 2.45) is 0 Å². The van der Waals surface area contributed by atoms with E-state index >= 15 is 0 Å². The molecule has 1 heterocycles. The zero-order valence-corrected chi connectivity index (χ0v) is 6.18. The summed E-state index contributed by atoms with van der Waals surface area (Å²) in [7, 11) is 0. The van der Waals surface area contributed by atoms with Crippen LogP contribution in [0.15, 0.2) is 21.3 Å². The van der Waals surface area contributed by atoms with E-state index in [4.69, 9.17) is 4.42 Å². The number of hydrogen-bond acceptors (Lipinski definition) is 2. The van der Waals surface area contributed by atoms with Crippen molar-refractivity contribution >= 4 is 0 Å². The summed E-state index contributed by atoms with van der Waals surface area (Å²) in [5, 5.41) is 0. The van der Waals surface area contributed by atoms with Gasteiger partial charge in [0.2, 0.25) is 0 Å². The second-order valence-electron chi connectivity index (χ2n) is 2.22. The molecule has 54 valence electrons. The van der Waals surface area contributed by atoms with Gasteiger partial charge >= 0.3 is 0 Å². The molecule has 1 aromatic heterocycles. The first kappa shape index (κ1) is 7.06. The molecule has 0 radical (unpaired) electrons. The van der Waals surface area contributed by atoms with Gasteiger partial charge in [0.1, 0.15) is 11.5 Å². The van der Waals surface area contributed by atoms with Crippen LogP contribution >= 0.6 is 0 Å². The van der Waals surface area contributed by atoms with Gasteiger partial charge in [0.15, 0.2) is 5.43 Å². The smallest absolute Gasteiger partial charge is 0.185 e. The van der Waals surface area contributed by atoms with Gasteiger partial charge in [-0.2, -0.15) is 0 Å². The first-order valence-electron chi connectivity index (χ1n) is 3.33. The second-order valence-corrected chi connectivity index (χ2v) is 2.22. The molecule has 0 aliphatic carbocycles. The molecule has 0 amide bonds. The van der Waals surface area contributed by atoms with E-state index in [2.05, 4.69) is 0 Å².